The maximum atomic E-state index is 13.0. The monoisotopic (exact) mass is 499 g/mol. The van der Waals surface area contributed by atoms with Gasteiger partial charge in [-0.15, -0.1) is 0 Å². The van der Waals surface area contributed by atoms with Gasteiger partial charge in [-0.3, -0.25) is 4.79 Å². The van der Waals surface area contributed by atoms with Crippen LogP contribution in [0.3, 0.4) is 0 Å². The lowest BCUT2D eigenvalue weighted by molar-refractivity contribution is -0.165. The molecule has 3 amide bonds. The highest BCUT2D eigenvalue weighted by atomic mass is 16.6. The Hall–Kier alpha value is -3.43. The van der Waals surface area contributed by atoms with Gasteiger partial charge in [0.2, 0.25) is 5.91 Å². The molecule has 0 saturated carbocycles. The van der Waals surface area contributed by atoms with E-state index in [-0.39, 0.29) is 19.0 Å². The molecule has 0 radical (unpaired) electrons. The minimum Gasteiger partial charge on any atom is -0.458 e. The molecule has 2 aromatic carbocycles. The Bertz CT molecular complexity index is 1020. The highest BCUT2D eigenvalue weighted by molar-refractivity contribution is 5.84. The normalized spacial score (nSPS) is 14.0. The number of nitrogens with zero attached hydrogens (tertiary/aromatic N) is 1. The largest absolute Gasteiger partial charge is 0.458 e. The van der Waals surface area contributed by atoms with Gasteiger partial charge in [-0.1, -0.05) is 68.4 Å². The van der Waals surface area contributed by atoms with E-state index in [2.05, 4.69) is 5.32 Å². The molecule has 196 valence electrons. The van der Waals surface area contributed by atoms with Crippen LogP contribution in [0.1, 0.15) is 46.1 Å². The van der Waals surface area contributed by atoms with E-state index in [1.807, 2.05) is 44.2 Å². The van der Waals surface area contributed by atoms with E-state index in [1.165, 1.54) is 4.90 Å². The third-order valence-electron chi connectivity index (χ3n) is 5.22. The molecule has 0 heterocycles. The van der Waals surface area contributed by atoms with Crippen LogP contribution in [0.15, 0.2) is 54.6 Å². The van der Waals surface area contributed by atoms with E-state index in [0.29, 0.717) is 5.56 Å². The van der Waals surface area contributed by atoms with Gasteiger partial charge in [0.1, 0.15) is 17.7 Å². The van der Waals surface area contributed by atoms with Crippen molar-refractivity contribution in [3.8, 4) is 11.1 Å². The van der Waals surface area contributed by atoms with E-state index in [9.17, 15) is 24.6 Å². The van der Waals surface area contributed by atoms with Gasteiger partial charge >= 0.3 is 12.0 Å². The van der Waals surface area contributed by atoms with Crippen LogP contribution in [-0.4, -0.2) is 64.0 Å². The van der Waals surface area contributed by atoms with Crippen LogP contribution in [0.4, 0.5) is 4.79 Å². The van der Waals surface area contributed by atoms with Crippen LogP contribution in [0.5, 0.6) is 0 Å². The Morgan fingerprint density at radius 3 is 2.00 bits per heavy atom. The molecule has 2 rings (SSSR count). The van der Waals surface area contributed by atoms with Crippen molar-refractivity contribution in [2.75, 3.05) is 13.1 Å². The number of nitrogens with two attached hydrogens (primary N) is 1. The number of ether oxygens (including phenoxy) is 1. The van der Waals surface area contributed by atoms with E-state index in [0.717, 1.165) is 11.1 Å². The van der Waals surface area contributed by atoms with Crippen molar-refractivity contribution in [2.24, 2.45) is 11.7 Å². The third-order valence-corrected chi connectivity index (χ3v) is 5.22. The molecular weight excluding hydrogens is 462 g/mol. The molecule has 0 aliphatic heterocycles. The summed E-state index contributed by atoms with van der Waals surface area (Å²) in [6.07, 6.45) is -3.21. The molecule has 9 nitrogen and oxygen atoms in total. The number of carbonyl (C=O) groups excluding carboxylic acids is 3. The van der Waals surface area contributed by atoms with Crippen LogP contribution >= 0.6 is 0 Å². The fraction of sp³-hybridized carbons (Fsp3) is 0.444. The number of amides is 3. The first-order valence-corrected chi connectivity index (χ1v) is 11.9. The Labute approximate surface area is 212 Å². The third kappa shape index (κ3) is 8.66. The zero-order valence-electron chi connectivity index (χ0n) is 21.5. The van der Waals surface area contributed by atoms with Crippen LogP contribution in [0, 0.1) is 5.92 Å². The second kappa shape index (κ2) is 12.5. The summed E-state index contributed by atoms with van der Waals surface area (Å²) in [6.45, 7) is 8.56. The number of hydrogen-bond donors (Lipinski definition) is 4. The molecule has 36 heavy (non-hydrogen) atoms. The number of aliphatic hydroxyl groups excluding tert-OH is 2. The predicted molar refractivity (Wildman–Crippen MR) is 137 cm³/mol. The second-order valence-electron chi connectivity index (χ2n) is 10.1. The molecule has 9 heteroatoms. The Morgan fingerprint density at radius 2 is 1.50 bits per heavy atom. The Kier molecular flexibility index (Phi) is 10.0. The summed E-state index contributed by atoms with van der Waals surface area (Å²) in [7, 11) is 0. The lowest BCUT2D eigenvalue weighted by Crippen LogP contribution is -2.52. The number of rotatable bonds is 10. The number of aliphatic hydroxyl groups is 2. The predicted octanol–water partition coefficient (Wildman–Crippen LogP) is 2.61. The molecule has 0 bridgehead atoms. The summed E-state index contributed by atoms with van der Waals surface area (Å²) in [5, 5.41) is 23.4. The van der Waals surface area contributed by atoms with E-state index >= 15 is 0 Å². The van der Waals surface area contributed by atoms with E-state index < -0.39 is 41.8 Å². The average Bonchev–Trinajstić information content (AvgIpc) is 2.78. The molecule has 0 aromatic heterocycles. The lowest BCUT2D eigenvalue weighted by Gasteiger charge is -2.30. The van der Waals surface area contributed by atoms with Gasteiger partial charge in [0.05, 0.1) is 6.54 Å². The molecule has 2 aromatic rings. The summed E-state index contributed by atoms with van der Waals surface area (Å²) in [4.78, 5) is 38.6. The van der Waals surface area contributed by atoms with Gasteiger partial charge in [-0.2, -0.15) is 0 Å². The van der Waals surface area contributed by atoms with Crippen molar-refractivity contribution in [1.29, 1.82) is 0 Å². The molecule has 0 fully saturated rings. The van der Waals surface area contributed by atoms with Crippen LogP contribution in [0.25, 0.3) is 11.1 Å². The smallest absolute Gasteiger partial charge is 0.337 e. The molecule has 0 aliphatic rings. The highest BCUT2D eigenvalue weighted by Gasteiger charge is 2.32. The Balaban J connectivity index is 2.15. The summed E-state index contributed by atoms with van der Waals surface area (Å²) >= 11 is 0. The standard InChI is InChI=1S/C27H37N3O6/c1-17(2)15-30(16-21(31)25(34)36-27(3,4)5)26(35)29-24(33)22(23(28)32)20-13-11-19(12-14-20)18-9-7-6-8-10-18/h6-14,17,21-22,24,31,33H,15-16H2,1-5H3,(H2,28,32)(H,29,35). The number of esters is 1. The van der Waals surface area contributed by atoms with Crippen molar-refractivity contribution >= 4 is 17.9 Å². The van der Waals surface area contributed by atoms with Gasteiger partial charge < -0.3 is 30.9 Å². The maximum Gasteiger partial charge on any atom is 0.337 e. The number of primary amides is 1. The van der Waals surface area contributed by atoms with Crippen LogP contribution in [0.2, 0.25) is 0 Å². The van der Waals surface area contributed by atoms with Gasteiger partial charge in [0.25, 0.3) is 0 Å². The summed E-state index contributed by atoms with van der Waals surface area (Å²) in [5.74, 6) is -2.90. The fourth-order valence-corrected chi connectivity index (χ4v) is 3.65. The number of nitrogens with one attached hydrogen (secondary N) is 1. The number of benzene rings is 2. The first kappa shape index (κ1) is 28.8. The van der Waals surface area contributed by atoms with Crippen molar-refractivity contribution in [3.05, 3.63) is 60.2 Å². The summed E-state index contributed by atoms with van der Waals surface area (Å²) in [6, 6.07) is 15.8. The molecular formula is C27H37N3O6. The van der Waals surface area contributed by atoms with E-state index in [1.54, 1.807) is 45.0 Å². The van der Waals surface area contributed by atoms with Crippen LogP contribution in [-0.2, 0) is 14.3 Å². The topological polar surface area (TPSA) is 142 Å². The molecule has 3 unspecified atom stereocenters. The second-order valence-corrected chi connectivity index (χ2v) is 10.1. The molecule has 5 N–H and O–H groups in total. The first-order chi connectivity index (χ1) is 16.8. The van der Waals surface area contributed by atoms with Gasteiger partial charge in [0, 0.05) is 6.54 Å². The van der Waals surface area contributed by atoms with Crippen molar-refractivity contribution in [3.63, 3.8) is 0 Å². The highest BCUT2D eigenvalue weighted by Crippen LogP contribution is 2.24. The van der Waals surface area contributed by atoms with Crippen molar-refractivity contribution < 1.29 is 29.3 Å². The molecule has 0 saturated heterocycles. The first-order valence-electron chi connectivity index (χ1n) is 11.9. The summed E-state index contributed by atoms with van der Waals surface area (Å²) < 4.78 is 5.18. The zero-order valence-corrected chi connectivity index (χ0v) is 21.5. The molecule has 3 atom stereocenters. The number of carbonyl (C=O) groups is 3. The lowest BCUT2D eigenvalue weighted by atomic mass is 9.94. The quantitative estimate of drug-likeness (QED) is 0.292. The van der Waals surface area contributed by atoms with Gasteiger partial charge in [0.15, 0.2) is 6.10 Å². The van der Waals surface area contributed by atoms with Gasteiger partial charge in [-0.05, 0) is 43.4 Å². The molecule has 0 aliphatic carbocycles. The number of hydrogen-bond acceptors (Lipinski definition) is 6. The minimum atomic E-state index is -1.63. The van der Waals surface area contributed by atoms with Crippen molar-refractivity contribution in [2.45, 2.75) is 58.5 Å². The van der Waals surface area contributed by atoms with Crippen molar-refractivity contribution in [1.82, 2.24) is 10.2 Å². The van der Waals surface area contributed by atoms with Gasteiger partial charge in [-0.25, -0.2) is 9.59 Å². The van der Waals surface area contributed by atoms with Crippen LogP contribution < -0.4 is 11.1 Å². The minimum absolute atomic E-state index is 0.00352. The summed E-state index contributed by atoms with van der Waals surface area (Å²) in [5.41, 5.74) is 7.10. The average molecular weight is 500 g/mol. The zero-order chi connectivity index (χ0) is 27.0. The fourth-order valence-electron chi connectivity index (χ4n) is 3.65. The van der Waals surface area contributed by atoms with E-state index in [4.69, 9.17) is 10.5 Å². The molecule has 0 spiro atoms. The maximum absolute atomic E-state index is 13.0. The number of urea groups is 1. The SMILES string of the molecule is CC(C)CN(CC(O)C(=O)OC(C)(C)C)C(=O)NC(O)C(C(N)=O)c1ccc(-c2ccccc2)cc1. The Morgan fingerprint density at radius 1 is 0.944 bits per heavy atom.